The second-order valence-electron chi connectivity index (χ2n) is 5.58. The van der Waals surface area contributed by atoms with Crippen LogP contribution in [0.4, 0.5) is 5.69 Å². The van der Waals surface area contributed by atoms with E-state index in [1.807, 2.05) is 37.4 Å². The monoisotopic (exact) mass is 296 g/mol. The quantitative estimate of drug-likeness (QED) is 0.926. The van der Waals surface area contributed by atoms with Gasteiger partial charge >= 0.3 is 0 Å². The fourth-order valence-corrected chi connectivity index (χ4v) is 2.74. The number of rotatable bonds is 4. The second kappa shape index (κ2) is 8.28. The van der Waals surface area contributed by atoms with Gasteiger partial charge in [-0.25, -0.2) is 0 Å². The standard InChI is InChI=1S/C16H24N2O.ClH/c1-13(14-7-6-10-17-12-14)11-16(19)18(2)15-8-4-3-5-9-15;/h3-5,8-9,13-14,17H,6-7,10-12H2,1-2H3;1H. The predicted molar refractivity (Wildman–Crippen MR) is 86.5 cm³/mol. The van der Waals surface area contributed by atoms with E-state index in [1.165, 1.54) is 12.8 Å². The lowest BCUT2D eigenvalue weighted by Crippen LogP contribution is -2.36. The average Bonchev–Trinajstić information content (AvgIpc) is 2.48. The van der Waals surface area contributed by atoms with Gasteiger partial charge in [-0.1, -0.05) is 25.1 Å². The zero-order chi connectivity index (χ0) is 13.7. The summed E-state index contributed by atoms with van der Waals surface area (Å²) in [5, 5.41) is 3.42. The molecule has 1 aromatic rings. The molecule has 4 heteroatoms. The fourth-order valence-electron chi connectivity index (χ4n) is 2.74. The molecule has 0 spiro atoms. The van der Waals surface area contributed by atoms with Gasteiger partial charge in [0.15, 0.2) is 0 Å². The van der Waals surface area contributed by atoms with Gasteiger partial charge in [-0.15, -0.1) is 12.4 Å². The van der Waals surface area contributed by atoms with Crippen LogP contribution >= 0.6 is 12.4 Å². The zero-order valence-corrected chi connectivity index (χ0v) is 13.2. The molecule has 1 aromatic carbocycles. The molecule has 1 N–H and O–H groups in total. The van der Waals surface area contributed by atoms with Gasteiger partial charge in [0, 0.05) is 19.2 Å². The summed E-state index contributed by atoms with van der Waals surface area (Å²) in [6.07, 6.45) is 3.12. The highest BCUT2D eigenvalue weighted by molar-refractivity contribution is 5.92. The van der Waals surface area contributed by atoms with E-state index >= 15 is 0 Å². The van der Waals surface area contributed by atoms with E-state index in [2.05, 4.69) is 12.2 Å². The fraction of sp³-hybridized carbons (Fsp3) is 0.562. The van der Waals surface area contributed by atoms with Crippen LogP contribution in [0.25, 0.3) is 0 Å². The third kappa shape index (κ3) is 4.50. The van der Waals surface area contributed by atoms with Gasteiger partial charge in [-0.2, -0.15) is 0 Å². The molecule has 1 amide bonds. The molecule has 1 fully saturated rings. The molecule has 2 rings (SSSR count). The van der Waals surface area contributed by atoms with Crippen molar-refractivity contribution in [1.29, 1.82) is 0 Å². The minimum atomic E-state index is 0. The third-order valence-electron chi connectivity index (χ3n) is 4.15. The number of benzene rings is 1. The van der Waals surface area contributed by atoms with Gasteiger partial charge in [0.2, 0.25) is 5.91 Å². The van der Waals surface area contributed by atoms with E-state index in [1.54, 1.807) is 4.90 Å². The molecule has 0 aliphatic carbocycles. The Morgan fingerprint density at radius 3 is 2.70 bits per heavy atom. The Balaban J connectivity index is 0.00000200. The van der Waals surface area contributed by atoms with Crippen molar-refractivity contribution in [3.05, 3.63) is 30.3 Å². The van der Waals surface area contributed by atoms with Gasteiger partial charge in [-0.3, -0.25) is 4.79 Å². The number of hydrogen-bond acceptors (Lipinski definition) is 2. The summed E-state index contributed by atoms with van der Waals surface area (Å²) in [4.78, 5) is 14.1. The molecule has 1 aliphatic heterocycles. The maximum absolute atomic E-state index is 12.3. The number of hydrogen-bond donors (Lipinski definition) is 1. The Kier molecular flexibility index (Phi) is 7.03. The molecule has 3 nitrogen and oxygen atoms in total. The van der Waals surface area contributed by atoms with Crippen molar-refractivity contribution in [1.82, 2.24) is 5.32 Å². The predicted octanol–water partition coefficient (Wildman–Crippen LogP) is 3.10. The summed E-state index contributed by atoms with van der Waals surface area (Å²) in [6, 6.07) is 9.86. The van der Waals surface area contributed by atoms with Crippen molar-refractivity contribution >= 4 is 24.0 Å². The van der Waals surface area contributed by atoms with Crippen LogP contribution in [0.1, 0.15) is 26.2 Å². The summed E-state index contributed by atoms with van der Waals surface area (Å²) < 4.78 is 0. The molecule has 112 valence electrons. The molecule has 0 bridgehead atoms. The number of halogens is 1. The van der Waals surface area contributed by atoms with E-state index in [4.69, 9.17) is 0 Å². The van der Waals surface area contributed by atoms with Gasteiger partial charge < -0.3 is 10.2 Å². The average molecular weight is 297 g/mol. The van der Waals surface area contributed by atoms with Crippen molar-refractivity contribution in [2.24, 2.45) is 11.8 Å². The molecule has 0 radical (unpaired) electrons. The highest BCUT2D eigenvalue weighted by Crippen LogP contribution is 2.24. The number of amides is 1. The van der Waals surface area contributed by atoms with E-state index in [0.29, 0.717) is 18.3 Å². The lowest BCUT2D eigenvalue weighted by molar-refractivity contribution is -0.119. The summed E-state index contributed by atoms with van der Waals surface area (Å²) in [7, 11) is 1.86. The molecule has 1 saturated heterocycles. The molecular formula is C16H25ClN2O. The topological polar surface area (TPSA) is 32.3 Å². The SMILES string of the molecule is CC(CC(=O)N(C)c1ccccc1)C1CCCNC1.Cl. The lowest BCUT2D eigenvalue weighted by atomic mass is 9.85. The maximum Gasteiger partial charge on any atom is 0.226 e. The normalized spacial score (nSPS) is 19.8. The number of carbonyl (C=O) groups excluding carboxylic acids is 1. The Bertz CT molecular complexity index is 404. The highest BCUT2D eigenvalue weighted by Gasteiger charge is 2.23. The van der Waals surface area contributed by atoms with Crippen molar-refractivity contribution in [2.45, 2.75) is 26.2 Å². The van der Waals surface area contributed by atoms with E-state index in [9.17, 15) is 4.79 Å². The Morgan fingerprint density at radius 1 is 1.40 bits per heavy atom. The highest BCUT2D eigenvalue weighted by atomic mass is 35.5. The van der Waals surface area contributed by atoms with Gasteiger partial charge in [0.05, 0.1) is 0 Å². The largest absolute Gasteiger partial charge is 0.316 e. The van der Waals surface area contributed by atoms with Gasteiger partial charge in [0.1, 0.15) is 0 Å². The van der Waals surface area contributed by atoms with Crippen LogP contribution < -0.4 is 10.2 Å². The van der Waals surface area contributed by atoms with Crippen LogP contribution in [0.5, 0.6) is 0 Å². The third-order valence-corrected chi connectivity index (χ3v) is 4.15. The molecule has 1 aliphatic rings. The van der Waals surface area contributed by atoms with Gasteiger partial charge in [-0.05, 0) is 49.9 Å². The summed E-state index contributed by atoms with van der Waals surface area (Å²) in [5.74, 6) is 1.30. The number of para-hydroxylation sites is 1. The maximum atomic E-state index is 12.3. The summed E-state index contributed by atoms with van der Waals surface area (Å²) in [5.41, 5.74) is 0.974. The van der Waals surface area contributed by atoms with Crippen LogP contribution in [0.2, 0.25) is 0 Å². The molecular weight excluding hydrogens is 272 g/mol. The van der Waals surface area contributed by atoms with Crippen LogP contribution in [0.3, 0.4) is 0 Å². The number of nitrogens with zero attached hydrogens (tertiary/aromatic N) is 1. The Labute approximate surface area is 128 Å². The summed E-state index contributed by atoms with van der Waals surface area (Å²) in [6.45, 7) is 4.39. The molecule has 2 atom stereocenters. The number of piperidine rings is 1. The number of nitrogens with one attached hydrogen (secondary N) is 1. The minimum Gasteiger partial charge on any atom is -0.316 e. The number of carbonyl (C=O) groups is 1. The molecule has 0 aromatic heterocycles. The smallest absolute Gasteiger partial charge is 0.226 e. The zero-order valence-electron chi connectivity index (χ0n) is 12.3. The Hall–Kier alpha value is -1.06. The lowest BCUT2D eigenvalue weighted by Gasteiger charge is -2.29. The molecule has 1 heterocycles. The van der Waals surface area contributed by atoms with Crippen molar-refractivity contribution < 1.29 is 4.79 Å². The first kappa shape index (κ1) is 17.0. The summed E-state index contributed by atoms with van der Waals surface area (Å²) >= 11 is 0. The number of anilines is 1. The van der Waals surface area contributed by atoms with Gasteiger partial charge in [0.25, 0.3) is 0 Å². The molecule has 0 saturated carbocycles. The first-order chi connectivity index (χ1) is 9.18. The van der Waals surface area contributed by atoms with Crippen molar-refractivity contribution in [2.75, 3.05) is 25.0 Å². The first-order valence-electron chi connectivity index (χ1n) is 7.21. The van der Waals surface area contributed by atoms with Crippen LogP contribution in [0.15, 0.2) is 30.3 Å². The van der Waals surface area contributed by atoms with E-state index in [-0.39, 0.29) is 18.3 Å². The first-order valence-corrected chi connectivity index (χ1v) is 7.21. The van der Waals surface area contributed by atoms with Crippen molar-refractivity contribution in [3.63, 3.8) is 0 Å². The van der Waals surface area contributed by atoms with Crippen LogP contribution in [0, 0.1) is 11.8 Å². The van der Waals surface area contributed by atoms with E-state index < -0.39 is 0 Å². The van der Waals surface area contributed by atoms with E-state index in [0.717, 1.165) is 18.8 Å². The second-order valence-corrected chi connectivity index (χ2v) is 5.58. The molecule has 20 heavy (non-hydrogen) atoms. The molecule has 2 unspecified atom stereocenters. The van der Waals surface area contributed by atoms with Crippen LogP contribution in [-0.4, -0.2) is 26.0 Å². The van der Waals surface area contributed by atoms with Crippen molar-refractivity contribution in [3.8, 4) is 0 Å². The minimum absolute atomic E-state index is 0. The Morgan fingerprint density at radius 2 is 2.10 bits per heavy atom. The van der Waals surface area contributed by atoms with Crippen LogP contribution in [-0.2, 0) is 4.79 Å².